The van der Waals surface area contributed by atoms with E-state index >= 15 is 0 Å². The van der Waals surface area contributed by atoms with Crippen LogP contribution in [0.2, 0.25) is 0 Å². The number of nitrogens with two attached hydrogens (primary N) is 1. The van der Waals surface area contributed by atoms with Gasteiger partial charge in [0.15, 0.2) is 0 Å². The molecule has 2 aromatic carbocycles. The molecule has 0 saturated carbocycles. The third-order valence-electron chi connectivity index (χ3n) is 4.54. The first-order chi connectivity index (χ1) is 11.5. The molecule has 6 heteroatoms. The van der Waals surface area contributed by atoms with Gasteiger partial charge in [0.05, 0.1) is 5.52 Å². The van der Waals surface area contributed by atoms with Gasteiger partial charge in [0, 0.05) is 30.2 Å². The van der Waals surface area contributed by atoms with Gasteiger partial charge < -0.3 is 4.98 Å². The molecule has 124 valence electrons. The van der Waals surface area contributed by atoms with Gasteiger partial charge in [-0.3, -0.25) is 5.84 Å². The molecule has 0 unspecified atom stereocenters. The van der Waals surface area contributed by atoms with Crippen molar-refractivity contribution in [2.75, 3.05) is 13.1 Å². The molecule has 2 heterocycles. The second-order valence-corrected chi connectivity index (χ2v) is 6.32. The van der Waals surface area contributed by atoms with E-state index in [1.807, 2.05) is 0 Å². The van der Waals surface area contributed by atoms with Gasteiger partial charge in [0.2, 0.25) is 0 Å². The number of fused-ring (bicyclic) bond motifs is 1. The van der Waals surface area contributed by atoms with Crippen LogP contribution in [0.3, 0.4) is 0 Å². The number of nitrogens with one attached hydrogen (secondary N) is 1. The van der Waals surface area contributed by atoms with Crippen molar-refractivity contribution in [3.8, 4) is 11.3 Å². The summed E-state index contributed by atoms with van der Waals surface area (Å²) < 4.78 is 41.1. The highest BCUT2D eigenvalue weighted by Gasteiger charge is 2.27. The first-order valence-corrected chi connectivity index (χ1v) is 7.76. The molecule has 1 aromatic heterocycles. The van der Waals surface area contributed by atoms with Crippen LogP contribution in [0.5, 0.6) is 0 Å². The first-order valence-electron chi connectivity index (χ1n) is 7.76. The number of aromatic nitrogens is 1. The molecule has 0 aliphatic carbocycles. The molecule has 3 nitrogen and oxygen atoms in total. The number of hydrazine groups is 1. The zero-order valence-corrected chi connectivity index (χ0v) is 12.8. The topological polar surface area (TPSA) is 45.0 Å². The normalized spacial score (nSPS) is 15.8. The van der Waals surface area contributed by atoms with Crippen molar-refractivity contribution in [1.29, 1.82) is 0 Å². The molecule has 0 amide bonds. The molecule has 1 fully saturated rings. The lowest BCUT2D eigenvalue weighted by Crippen LogP contribution is -2.51. The van der Waals surface area contributed by atoms with Gasteiger partial charge in [-0.2, -0.15) is 0 Å². The number of hydrogen-bond donors (Lipinski definition) is 2. The fraction of sp³-hybridized carbons (Fsp3) is 0.222. The van der Waals surface area contributed by atoms with Crippen LogP contribution in [-0.2, 0) is 6.42 Å². The van der Waals surface area contributed by atoms with Crippen molar-refractivity contribution < 1.29 is 13.2 Å². The lowest BCUT2D eigenvalue weighted by Gasteiger charge is -2.35. The molecule has 0 radical (unpaired) electrons. The van der Waals surface area contributed by atoms with Crippen molar-refractivity contribution in [1.82, 2.24) is 9.99 Å². The summed E-state index contributed by atoms with van der Waals surface area (Å²) >= 11 is 0. The van der Waals surface area contributed by atoms with E-state index in [0.717, 1.165) is 30.3 Å². The molecule has 3 N–H and O–H groups in total. The number of H-pyrrole nitrogens is 1. The Balaban J connectivity index is 1.87. The summed E-state index contributed by atoms with van der Waals surface area (Å²) in [6, 6.07) is 8.18. The van der Waals surface area contributed by atoms with Gasteiger partial charge in [-0.05, 0) is 53.8 Å². The zero-order valence-electron chi connectivity index (χ0n) is 12.8. The maximum Gasteiger partial charge on any atom is 0.150 e. The Bertz CT molecular complexity index is 896. The molecule has 0 spiro atoms. The van der Waals surface area contributed by atoms with E-state index in [9.17, 15) is 13.2 Å². The van der Waals surface area contributed by atoms with E-state index in [1.165, 1.54) is 18.2 Å². The third kappa shape index (κ3) is 2.57. The predicted octanol–water partition coefficient (Wildman–Crippen LogP) is 3.60. The molecule has 4 rings (SSSR count). The van der Waals surface area contributed by atoms with Crippen LogP contribution in [0.4, 0.5) is 13.2 Å². The molecular weight excluding hydrogens is 315 g/mol. The maximum atomic E-state index is 14.2. The van der Waals surface area contributed by atoms with Crippen molar-refractivity contribution in [3.63, 3.8) is 0 Å². The average molecular weight is 331 g/mol. The van der Waals surface area contributed by atoms with Crippen LogP contribution in [0, 0.1) is 23.4 Å². The molecule has 3 aromatic rings. The minimum atomic E-state index is -0.631. The molecule has 1 aliphatic heterocycles. The summed E-state index contributed by atoms with van der Waals surface area (Å²) in [6.07, 6.45) is 0.656. The lowest BCUT2D eigenvalue weighted by molar-refractivity contribution is 0.102. The fourth-order valence-electron chi connectivity index (χ4n) is 3.38. The van der Waals surface area contributed by atoms with Crippen molar-refractivity contribution in [3.05, 3.63) is 59.4 Å². The van der Waals surface area contributed by atoms with Crippen LogP contribution >= 0.6 is 0 Å². The summed E-state index contributed by atoms with van der Waals surface area (Å²) in [6.45, 7) is 1.49. The third-order valence-corrected chi connectivity index (χ3v) is 4.54. The zero-order chi connectivity index (χ0) is 16.8. The van der Waals surface area contributed by atoms with Gasteiger partial charge >= 0.3 is 0 Å². The summed E-state index contributed by atoms with van der Waals surface area (Å²) in [5.74, 6) is 4.44. The Hall–Kier alpha value is -2.31. The van der Waals surface area contributed by atoms with Crippen LogP contribution in [-0.4, -0.2) is 23.1 Å². The smallest absolute Gasteiger partial charge is 0.150 e. The maximum absolute atomic E-state index is 14.2. The van der Waals surface area contributed by atoms with Crippen LogP contribution in [0.1, 0.15) is 5.56 Å². The number of benzene rings is 2. The number of halogens is 3. The Morgan fingerprint density at radius 3 is 2.42 bits per heavy atom. The van der Waals surface area contributed by atoms with Crippen LogP contribution in [0.15, 0.2) is 36.4 Å². The molecule has 0 atom stereocenters. The minimum absolute atomic E-state index is 0.273. The molecule has 24 heavy (non-hydrogen) atoms. The Morgan fingerprint density at radius 1 is 1.04 bits per heavy atom. The van der Waals surface area contributed by atoms with Gasteiger partial charge in [-0.25, -0.2) is 18.2 Å². The van der Waals surface area contributed by atoms with Crippen LogP contribution in [0.25, 0.3) is 22.2 Å². The monoisotopic (exact) mass is 331 g/mol. The van der Waals surface area contributed by atoms with E-state index in [2.05, 4.69) is 4.98 Å². The number of hydrogen-bond acceptors (Lipinski definition) is 2. The summed E-state index contributed by atoms with van der Waals surface area (Å²) in [5.41, 5.74) is 2.55. The van der Waals surface area contributed by atoms with Crippen LogP contribution < -0.4 is 5.84 Å². The van der Waals surface area contributed by atoms with Crippen molar-refractivity contribution in [2.24, 2.45) is 11.8 Å². The quantitative estimate of drug-likeness (QED) is 0.720. The first kappa shape index (κ1) is 15.2. The molecular formula is C18H16F3N3. The van der Waals surface area contributed by atoms with E-state index < -0.39 is 11.6 Å². The highest BCUT2D eigenvalue weighted by atomic mass is 19.1. The molecule has 1 saturated heterocycles. The molecule has 1 aliphatic rings. The minimum Gasteiger partial charge on any atom is -0.352 e. The predicted molar refractivity (Wildman–Crippen MR) is 86.6 cm³/mol. The standard InChI is InChI=1S/C18H16F3N3/c19-12-3-1-11(2-4-12)17-14(5-10-8-24(22)9-10)15-6-13(20)7-16(21)18(15)23-17/h1-4,6-7,10,23H,5,8-9,22H2. The highest BCUT2D eigenvalue weighted by Crippen LogP contribution is 2.35. The van der Waals surface area contributed by atoms with E-state index in [1.54, 1.807) is 17.1 Å². The van der Waals surface area contributed by atoms with E-state index in [-0.39, 0.29) is 11.3 Å². The van der Waals surface area contributed by atoms with Gasteiger partial charge in [-0.1, -0.05) is 0 Å². The second-order valence-electron chi connectivity index (χ2n) is 6.32. The van der Waals surface area contributed by atoms with Gasteiger partial charge in [0.25, 0.3) is 0 Å². The SMILES string of the molecule is NN1CC(Cc2c(-c3ccc(F)cc3)[nH]c3c(F)cc(F)cc23)C1. The second kappa shape index (κ2) is 5.65. The van der Waals surface area contributed by atoms with E-state index in [4.69, 9.17) is 5.84 Å². The number of rotatable bonds is 3. The summed E-state index contributed by atoms with van der Waals surface area (Å²) in [7, 11) is 0. The van der Waals surface area contributed by atoms with Crippen molar-refractivity contribution >= 4 is 10.9 Å². The number of nitrogens with zero attached hydrogens (tertiary/aromatic N) is 1. The Morgan fingerprint density at radius 2 is 1.75 bits per heavy atom. The lowest BCUT2D eigenvalue weighted by atomic mass is 9.90. The average Bonchev–Trinajstić information content (AvgIpc) is 2.86. The Kier molecular flexibility index (Phi) is 3.58. The van der Waals surface area contributed by atoms with Crippen molar-refractivity contribution in [2.45, 2.75) is 6.42 Å². The fourth-order valence-corrected chi connectivity index (χ4v) is 3.38. The van der Waals surface area contributed by atoms with E-state index in [0.29, 0.717) is 23.4 Å². The van der Waals surface area contributed by atoms with Gasteiger partial charge in [0.1, 0.15) is 17.5 Å². The Labute approximate surface area is 136 Å². The molecule has 0 bridgehead atoms. The highest BCUT2D eigenvalue weighted by molar-refractivity contribution is 5.91. The number of aromatic amines is 1. The summed E-state index contributed by atoms with van der Waals surface area (Å²) in [5, 5.41) is 2.24. The largest absolute Gasteiger partial charge is 0.352 e. The van der Waals surface area contributed by atoms with Gasteiger partial charge in [-0.15, -0.1) is 0 Å². The summed E-state index contributed by atoms with van der Waals surface area (Å²) in [4.78, 5) is 3.05.